The SMILES string of the molecule is CCCCCCNC(=O)Cn1cnc2cccc([N+](=O)[O-])c21. The van der Waals surface area contributed by atoms with E-state index in [-0.39, 0.29) is 18.1 Å². The van der Waals surface area contributed by atoms with Crippen LogP contribution in [0.5, 0.6) is 0 Å². The molecule has 7 heteroatoms. The summed E-state index contributed by atoms with van der Waals surface area (Å²) >= 11 is 0. The summed E-state index contributed by atoms with van der Waals surface area (Å²) in [6.45, 7) is 2.80. The number of rotatable bonds is 8. The Morgan fingerprint density at radius 2 is 2.18 bits per heavy atom. The van der Waals surface area contributed by atoms with Crippen LogP contribution in [-0.2, 0) is 11.3 Å². The van der Waals surface area contributed by atoms with E-state index in [1.807, 2.05) is 0 Å². The molecule has 0 aliphatic rings. The van der Waals surface area contributed by atoms with Gasteiger partial charge in [-0.3, -0.25) is 14.9 Å². The lowest BCUT2D eigenvalue weighted by molar-refractivity contribution is -0.383. The molecule has 0 saturated heterocycles. The number of hydrogen-bond donors (Lipinski definition) is 1. The zero-order valence-electron chi connectivity index (χ0n) is 12.6. The van der Waals surface area contributed by atoms with E-state index in [1.165, 1.54) is 17.0 Å². The van der Waals surface area contributed by atoms with Crippen LogP contribution < -0.4 is 5.32 Å². The highest BCUT2D eigenvalue weighted by molar-refractivity contribution is 5.86. The van der Waals surface area contributed by atoms with Crippen LogP contribution in [0.2, 0.25) is 0 Å². The summed E-state index contributed by atoms with van der Waals surface area (Å²) in [5.74, 6) is -0.158. The normalized spacial score (nSPS) is 10.8. The van der Waals surface area contributed by atoms with Gasteiger partial charge in [0.2, 0.25) is 5.91 Å². The van der Waals surface area contributed by atoms with Crippen molar-refractivity contribution in [1.82, 2.24) is 14.9 Å². The number of nitrogens with one attached hydrogen (secondary N) is 1. The maximum Gasteiger partial charge on any atom is 0.295 e. The largest absolute Gasteiger partial charge is 0.355 e. The van der Waals surface area contributed by atoms with Gasteiger partial charge in [-0.1, -0.05) is 32.3 Å². The molecule has 0 spiro atoms. The maximum absolute atomic E-state index is 11.9. The first-order valence-corrected chi connectivity index (χ1v) is 7.48. The number of aromatic nitrogens is 2. The summed E-state index contributed by atoms with van der Waals surface area (Å²) in [6.07, 6.45) is 5.82. The molecule has 0 bridgehead atoms. The third kappa shape index (κ3) is 3.81. The van der Waals surface area contributed by atoms with E-state index in [0.717, 1.165) is 25.7 Å². The van der Waals surface area contributed by atoms with Crippen LogP contribution in [0.3, 0.4) is 0 Å². The average Bonchev–Trinajstić information content (AvgIpc) is 2.90. The lowest BCUT2D eigenvalue weighted by Crippen LogP contribution is -2.28. The molecule has 22 heavy (non-hydrogen) atoms. The fraction of sp³-hybridized carbons (Fsp3) is 0.467. The monoisotopic (exact) mass is 304 g/mol. The Morgan fingerprint density at radius 3 is 2.91 bits per heavy atom. The third-order valence-corrected chi connectivity index (χ3v) is 3.48. The van der Waals surface area contributed by atoms with Crippen molar-refractivity contribution in [3.8, 4) is 0 Å². The first-order valence-electron chi connectivity index (χ1n) is 7.48. The van der Waals surface area contributed by atoms with Gasteiger partial charge in [0, 0.05) is 12.6 Å². The van der Waals surface area contributed by atoms with Gasteiger partial charge in [-0.05, 0) is 12.5 Å². The maximum atomic E-state index is 11.9. The predicted molar refractivity (Wildman–Crippen MR) is 83.5 cm³/mol. The number of benzene rings is 1. The lowest BCUT2D eigenvalue weighted by atomic mass is 10.2. The smallest absolute Gasteiger partial charge is 0.295 e. The Bertz CT molecular complexity index is 666. The van der Waals surface area contributed by atoms with Gasteiger partial charge in [0.25, 0.3) is 5.69 Å². The fourth-order valence-electron chi connectivity index (χ4n) is 2.36. The molecule has 0 atom stereocenters. The topological polar surface area (TPSA) is 90.1 Å². The minimum Gasteiger partial charge on any atom is -0.355 e. The van der Waals surface area contributed by atoms with Gasteiger partial charge in [0.1, 0.15) is 12.1 Å². The Labute approximate surface area is 128 Å². The first-order chi connectivity index (χ1) is 10.6. The van der Waals surface area contributed by atoms with Gasteiger partial charge in [0.05, 0.1) is 16.8 Å². The highest BCUT2D eigenvalue weighted by Crippen LogP contribution is 2.24. The molecule has 118 valence electrons. The van der Waals surface area contributed by atoms with Gasteiger partial charge in [0.15, 0.2) is 0 Å². The molecule has 1 amide bonds. The van der Waals surface area contributed by atoms with Crippen LogP contribution in [0, 0.1) is 10.1 Å². The van der Waals surface area contributed by atoms with Gasteiger partial charge in [-0.15, -0.1) is 0 Å². The van der Waals surface area contributed by atoms with Crippen molar-refractivity contribution in [1.29, 1.82) is 0 Å². The van der Waals surface area contributed by atoms with E-state index in [2.05, 4.69) is 17.2 Å². The van der Waals surface area contributed by atoms with Gasteiger partial charge < -0.3 is 9.88 Å². The summed E-state index contributed by atoms with van der Waals surface area (Å²) in [7, 11) is 0. The van der Waals surface area contributed by atoms with Crippen molar-refractivity contribution < 1.29 is 9.72 Å². The number of carbonyl (C=O) groups excluding carboxylic acids is 1. The van der Waals surface area contributed by atoms with Gasteiger partial charge in [-0.25, -0.2) is 4.98 Å². The molecule has 1 heterocycles. The van der Waals surface area contributed by atoms with Crippen LogP contribution in [0.4, 0.5) is 5.69 Å². The van der Waals surface area contributed by atoms with Crippen molar-refractivity contribution in [2.45, 2.75) is 39.2 Å². The number of nitrogens with zero attached hydrogens (tertiary/aromatic N) is 3. The van der Waals surface area contributed by atoms with E-state index in [1.54, 1.807) is 12.1 Å². The van der Waals surface area contributed by atoms with Gasteiger partial charge >= 0.3 is 0 Å². The summed E-state index contributed by atoms with van der Waals surface area (Å²) in [5, 5.41) is 13.9. The van der Waals surface area contributed by atoms with Crippen molar-refractivity contribution in [2.24, 2.45) is 0 Å². The second-order valence-corrected chi connectivity index (χ2v) is 5.19. The molecule has 1 aromatic heterocycles. The second kappa shape index (κ2) is 7.53. The summed E-state index contributed by atoms with van der Waals surface area (Å²) in [5.41, 5.74) is 0.865. The highest BCUT2D eigenvalue weighted by Gasteiger charge is 2.17. The molecule has 1 aromatic carbocycles. The predicted octanol–water partition coefficient (Wildman–Crippen LogP) is 2.64. The summed E-state index contributed by atoms with van der Waals surface area (Å²) in [4.78, 5) is 26.7. The Kier molecular flexibility index (Phi) is 5.46. The van der Waals surface area contributed by atoms with Crippen LogP contribution in [0.1, 0.15) is 32.6 Å². The van der Waals surface area contributed by atoms with Crippen LogP contribution in [0.25, 0.3) is 11.0 Å². The Hall–Kier alpha value is -2.44. The summed E-state index contributed by atoms with van der Waals surface area (Å²) in [6, 6.07) is 4.70. The van der Waals surface area contributed by atoms with Crippen molar-refractivity contribution >= 4 is 22.6 Å². The minimum atomic E-state index is -0.455. The van der Waals surface area contributed by atoms with Crippen LogP contribution in [-0.4, -0.2) is 26.9 Å². The Morgan fingerprint density at radius 1 is 1.36 bits per heavy atom. The van der Waals surface area contributed by atoms with E-state index in [9.17, 15) is 14.9 Å². The number of fused-ring (bicyclic) bond motifs is 1. The summed E-state index contributed by atoms with van der Waals surface area (Å²) < 4.78 is 1.52. The first kappa shape index (κ1) is 15.9. The number of non-ortho nitro benzene ring substituents is 1. The molecular weight excluding hydrogens is 284 g/mol. The lowest BCUT2D eigenvalue weighted by Gasteiger charge is -2.06. The number of para-hydroxylation sites is 1. The average molecular weight is 304 g/mol. The molecule has 0 unspecified atom stereocenters. The molecule has 1 N–H and O–H groups in total. The Balaban J connectivity index is 2.02. The van der Waals surface area contributed by atoms with E-state index < -0.39 is 4.92 Å². The number of hydrogen-bond acceptors (Lipinski definition) is 4. The number of unbranched alkanes of at least 4 members (excludes halogenated alkanes) is 3. The zero-order chi connectivity index (χ0) is 15.9. The van der Waals surface area contributed by atoms with Crippen LogP contribution in [0.15, 0.2) is 24.5 Å². The van der Waals surface area contributed by atoms with E-state index >= 15 is 0 Å². The third-order valence-electron chi connectivity index (χ3n) is 3.48. The number of imidazole rings is 1. The molecule has 0 fully saturated rings. The molecule has 2 rings (SSSR count). The molecule has 0 aliphatic heterocycles. The van der Waals surface area contributed by atoms with Crippen LogP contribution >= 0.6 is 0 Å². The standard InChI is InChI=1S/C15H20N4O3/c1-2-3-4-5-9-16-14(20)10-18-11-17-12-7-6-8-13(15(12)18)19(21)22/h6-8,11H,2-5,9-10H2,1H3,(H,16,20). The van der Waals surface area contributed by atoms with E-state index in [4.69, 9.17) is 0 Å². The number of carbonyl (C=O) groups is 1. The second-order valence-electron chi connectivity index (χ2n) is 5.19. The van der Waals surface area contributed by atoms with Gasteiger partial charge in [-0.2, -0.15) is 0 Å². The van der Waals surface area contributed by atoms with E-state index in [0.29, 0.717) is 17.6 Å². The fourth-order valence-corrected chi connectivity index (χ4v) is 2.36. The minimum absolute atomic E-state index is 0.0363. The molecule has 0 saturated carbocycles. The highest BCUT2D eigenvalue weighted by atomic mass is 16.6. The molecule has 0 radical (unpaired) electrons. The van der Waals surface area contributed by atoms with Crippen molar-refractivity contribution in [2.75, 3.05) is 6.54 Å². The molecular formula is C15H20N4O3. The molecule has 0 aliphatic carbocycles. The number of amides is 1. The van der Waals surface area contributed by atoms with Crippen molar-refractivity contribution in [3.05, 3.63) is 34.6 Å². The quantitative estimate of drug-likeness (QED) is 0.461. The zero-order valence-corrected chi connectivity index (χ0v) is 12.6. The number of nitro groups is 1. The molecule has 7 nitrogen and oxygen atoms in total. The number of nitro benzene ring substituents is 1. The molecule has 2 aromatic rings. The van der Waals surface area contributed by atoms with Crippen molar-refractivity contribution in [3.63, 3.8) is 0 Å².